The molecule has 6 nitrogen and oxygen atoms in total. The number of carbonyl (C=O) groups is 1. The summed E-state index contributed by atoms with van der Waals surface area (Å²) in [5, 5.41) is 3.72. The Morgan fingerprint density at radius 1 is 1.32 bits per heavy atom. The van der Waals surface area contributed by atoms with Crippen LogP contribution in [0.15, 0.2) is 47.4 Å². The lowest BCUT2D eigenvalue weighted by molar-refractivity contribution is 0.208. The molecule has 0 fully saturated rings. The Bertz CT molecular complexity index is 1100. The van der Waals surface area contributed by atoms with Crippen LogP contribution in [0.2, 0.25) is 5.02 Å². The van der Waals surface area contributed by atoms with Crippen molar-refractivity contribution in [3.63, 3.8) is 0 Å². The number of H-pyrrole nitrogens is 1. The molecule has 0 bridgehead atoms. The Labute approximate surface area is 165 Å². The fourth-order valence-electron chi connectivity index (χ4n) is 2.98. The molecule has 1 heterocycles. The molecule has 1 aromatic heterocycles. The Hall–Kier alpha value is -3.06. The maximum absolute atomic E-state index is 13.3. The van der Waals surface area contributed by atoms with E-state index in [1.54, 1.807) is 31.4 Å². The van der Waals surface area contributed by atoms with Crippen molar-refractivity contribution in [1.82, 2.24) is 9.88 Å². The number of methoxy groups -OCH3 is 1. The summed E-state index contributed by atoms with van der Waals surface area (Å²) in [6.07, 6.45) is 1.58. The molecule has 0 radical (unpaired) electrons. The Morgan fingerprint density at radius 3 is 2.75 bits per heavy atom. The van der Waals surface area contributed by atoms with Crippen LogP contribution >= 0.6 is 11.6 Å². The second-order valence-electron chi connectivity index (χ2n) is 6.30. The number of hydrogen-bond acceptors (Lipinski definition) is 3. The van der Waals surface area contributed by atoms with Crippen LogP contribution in [0.5, 0.6) is 5.75 Å². The van der Waals surface area contributed by atoms with E-state index in [-0.39, 0.29) is 10.6 Å². The zero-order valence-electron chi connectivity index (χ0n) is 15.5. The van der Waals surface area contributed by atoms with Crippen molar-refractivity contribution in [3.8, 4) is 5.75 Å². The lowest BCUT2D eigenvalue weighted by Crippen LogP contribution is -2.34. The Balaban J connectivity index is 1.93. The molecular weight excluding hydrogens is 385 g/mol. The van der Waals surface area contributed by atoms with Crippen LogP contribution in [0.1, 0.15) is 18.5 Å². The van der Waals surface area contributed by atoms with Crippen molar-refractivity contribution in [2.24, 2.45) is 0 Å². The average Bonchev–Trinajstić information content (AvgIpc) is 2.69. The van der Waals surface area contributed by atoms with Gasteiger partial charge in [-0.25, -0.2) is 9.18 Å². The molecule has 0 aliphatic carbocycles. The van der Waals surface area contributed by atoms with Gasteiger partial charge in [0, 0.05) is 29.9 Å². The topological polar surface area (TPSA) is 74.4 Å². The molecule has 2 aromatic carbocycles. The van der Waals surface area contributed by atoms with E-state index in [0.29, 0.717) is 22.2 Å². The van der Waals surface area contributed by atoms with Gasteiger partial charge in [-0.05, 0) is 37.3 Å². The van der Waals surface area contributed by atoms with E-state index in [4.69, 9.17) is 16.3 Å². The zero-order valence-corrected chi connectivity index (χ0v) is 16.3. The van der Waals surface area contributed by atoms with Crippen molar-refractivity contribution in [2.75, 3.05) is 19.5 Å². The maximum atomic E-state index is 13.3. The van der Waals surface area contributed by atoms with Crippen LogP contribution in [-0.2, 0) is 0 Å². The largest absolute Gasteiger partial charge is 0.496 e. The summed E-state index contributed by atoms with van der Waals surface area (Å²) < 4.78 is 18.7. The second-order valence-corrected chi connectivity index (χ2v) is 6.71. The van der Waals surface area contributed by atoms with Crippen LogP contribution in [0.3, 0.4) is 0 Å². The van der Waals surface area contributed by atoms with Crippen LogP contribution < -0.4 is 15.6 Å². The minimum absolute atomic E-state index is 0.0788. The fourth-order valence-corrected chi connectivity index (χ4v) is 3.16. The first-order valence-corrected chi connectivity index (χ1v) is 8.88. The number of ether oxygens (including phenoxy) is 1. The van der Waals surface area contributed by atoms with E-state index in [2.05, 4.69) is 10.3 Å². The van der Waals surface area contributed by atoms with Gasteiger partial charge in [-0.2, -0.15) is 0 Å². The summed E-state index contributed by atoms with van der Waals surface area (Å²) in [5.74, 6) is -0.0160. The minimum atomic E-state index is -0.562. The van der Waals surface area contributed by atoms with Crippen LogP contribution in [0.4, 0.5) is 14.9 Å². The second kappa shape index (κ2) is 7.90. The summed E-state index contributed by atoms with van der Waals surface area (Å²) in [5.41, 5.74) is 0.860. The van der Waals surface area contributed by atoms with Crippen LogP contribution in [0, 0.1) is 5.82 Å². The van der Waals surface area contributed by atoms with Gasteiger partial charge in [0.15, 0.2) is 0 Å². The normalized spacial score (nSPS) is 11.9. The molecular formula is C20H19ClFN3O3. The number of nitrogens with zero attached hydrogens (tertiary/aromatic N) is 1. The Kier molecular flexibility index (Phi) is 5.56. The molecule has 1 unspecified atom stereocenters. The van der Waals surface area contributed by atoms with Crippen LogP contribution in [-0.4, -0.2) is 30.1 Å². The monoisotopic (exact) mass is 403 g/mol. The summed E-state index contributed by atoms with van der Waals surface area (Å²) >= 11 is 5.76. The highest BCUT2D eigenvalue weighted by Gasteiger charge is 2.22. The molecule has 0 spiro atoms. The van der Waals surface area contributed by atoms with Crippen molar-refractivity contribution in [2.45, 2.75) is 13.0 Å². The SMILES string of the molecule is COc1cccc2c(=O)[nH]cc(C(C)N(C)C(=O)Nc3ccc(F)c(Cl)c3)c12. The number of hydrogen-bond donors (Lipinski definition) is 2. The number of aromatic nitrogens is 1. The predicted molar refractivity (Wildman–Crippen MR) is 108 cm³/mol. The lowest BCUT2D eigenvalue weighted by Gasteiger charge is -2.27. The summed E-state index contributed by atoms with van der Waals surface area (Å²) in [6, 6.07) is 8.34. The van der Waals surface area contributed by atoms with Crippen LogP contribution in [0.25, 0.3) is 10.8 Å². The van der Waals surface area contributed by atoms with Crippen molar-refractivity contribution in [3.05, 3.63) is 69.4 Å². The molecule has 2 amide bonds. The van der Waals surface area contributed by atoms with E-state index in [0.717, 1.165) is 5.56 Å². The number of urea groups is 1. The fraction of sp³-hybridized carbons (Fsp3) is 0.200. The van der Waals surface area contributed by atoms with Crippen molar-refractivity contribution < 1.29 is 13.9 Å². The van der Waals surface area contributed by atoms with Gasteiger partial charge in [0.25, 0.3) is 5.56 Å². The molecule has 0 saturated carbocycles. The highest BCUT2D eigenvalue weighted by atomic mass is 35.5. The van der Waals surface area contributed by atoms with Gasteiger partial charge in [-0.1, -0.05) is 17.7 Å². The molecule has 0 saturated heterocycles. The third kappa shape index (κ3) is 3.66. The molecule has 146 valence electrons. The average molecular weight is 404 g/mol. The summed E-state index contributed by atoms with van der Waals surface area (Å²) in [7, 11) is 3.15. The van der Waals surface area contributed by atoms with E-state index >= 15 is 0 Å². The molecule has 1 atom stereocenters. The molecule has 3 rings (SSSR count). The molecule has 3 aromatic rings. The molecule has 0 aliphatic rings. The predicted octanol–water partition coefficient (Wildman–Crippen LogP) is 4.55. The van der Waals surface area contributed by atoms with Gasteiger partial charge < -0.3 is 19.9 Å². The number of aromatic amines is 1. The number of nitrogens with one attached hydrogen (secondary N) is 2. The Morgan fingerprint density at radius 2 is 2.07 bits per heavy atom. The number of fused-ring (bicyclic) bond motifs is 1. The number of benzene rings is 2. The summed E-state index contributed by atoms with van der Waals surface area (Å²) in [6.45, 7) is 1.83. The molecule has 28 heavy (non-hydrogen) atoms. The lowest BCUT2D eigenvalue weighted by atomic mass is 10.0. The number of carbonyl (C=O) groups excluding carboxylic acids is 1. The quantitative estimate of drug-likeness (QED) is 0.670. The van der Waals surface area contributed by atoms with E-state index < -0.39 is 17.9 Å². The third-order valence-electron chi connectivity index (χ3n) is 4.66. The number of rotatable bonds is 4. The van der Waals surface area contributed by atoms with E-state index in [1.807, 2.05) is 6.92 Å². The number of pyridine rings is 1. The van der Waals surface area contributed by atoms with Gasteiger partial charge in [0.05, 0.1) is 23.6 Å². The molecule has 8 heteroatoms. The first-order chi connectivity index (χ1) is 13.3. The maximum Gasteiger partial charge on any atom is 0.322 e. The van der Waals surface area contributed by atoms with Crippen molar-refractivity contribution in [1.29, 1.82) is 0 Å². The van der Waals surface area contributed by atoms with Gasteiger partial charge in [0.2, 0.25) is 0 Å². The molecule has 2 N–H and O–H groups in total. The summed E-state index contributed by atoms with van der Waals surface area (Å²) in [4.78, 5) is 29.0. The van der Waals surface area contributed by atoms with E-state index in [1.165, 1.54) is 30.2 Å². The van der Waals surface area contributed by atoms with Gasteiger partial charge in [-0.15, -0.1) is 0 Å². The van der Waals surface area contributed by atoms with Gasteiger partial charge in [0.1, 0.15) is 11.6 Å². The highest BCUT2D eigenvalue weighted by molar-refractivity contribution is 6.31. The smallest absolute Gasteiger partial charge is 0.322 e. The third-order valence-corrected chi connectivity index (χ3v) is 4.95. The number of halogens is 2. The van der Waals surface area contributed by atoms with Crippen molar-refractivity contribution >= 4 is 34.1 Å². The first kappa shape index (κ1) is 19.7. The molecule has 0 aliphatic heterocycles. The highest BCUT2D eigenvalue weighted by Crippen LogP contribution is 2.32. The number of amides is 2. The van der Waals surface area contributed by atoms with Gasteiger partial charge in [-0.3, -0.25) is 4.79 Å². The van der Waals surface area contributed by atoms with E-state index in [9.17, 15) is 14.0 Å². The minimum Gasteiger partial charge on any atom is -0.496 e. The first-order valence-electron chi connectivity index (χ1n) is 8.50. The standard InChI is InChI=1S/C20H19ClFN3O3/c1-11(25(2)20(27)24-12-7-8-16(22)15(21)9-12)14-10-23-19(26)13-5-4-6-17(28-3)18(13)14/h4-11H,1-3H3,(H,23,26)(H,24,27). The number of anilines is 1. The van der Waals surface area contributed by atoms with Gasteiger partial charge >= 0.3 is 6.03 Å². The zero-order chi connectivity index (χ0) is 20.4.